The van der Waals surface area contributed by atoms with Crippen LogP contribution in [0.15, 0.2) is 24.3 Å². The van der Waals surface area contributed by atoms with Crippen molar-refractivity contribution in [3.05, 3.63) is 35.4 Å². The van der Waals surface area contributed by atoms with Crippen LogP contribution in [0.4, 0.5) is 4.79 Å². The summed E-state index contributed by atoms with van der Waals surface area (Å²) >= 11 is 0. The van der Waals surface area contributed by atoms with Crippen molar-refractivity contribution >= 4 is 12.0 Å². The highest BCUT2D eigenvalue weighted by molar-refractivity contribution is 5.85. The summed E-state index contributed by atoms with van der Waals surface area (Å²) in [7, 11) is 3.26. The first-order valence-corrected chi connectivity index (χ1v) is 7.32. The number of alkyl carbamates (subject to hydrolysis) is 1. The maximum Gasteiger partial charge on any atom is 0.408 e. The summed E-state index contributed by atoms with van der Waals surface area (Å²) in [5.74, 6) is -0.222. The molecule has 0 fully saturated rings. The molecule has 0 bridgehead atoms. The number of hydrogen-bond acceptors (Lipinski definition) is 4. The predicted molar refractivity (Wildman–Crippen MR) is 86.7 cm³/mol. The second kappa shape index (κ2) is 7.63. The highest BCUT2D eigenvalue weighted by Crippen LogP contribution is 2.10. The van der Waals surface area contributed by atoms with Crippen molar-refractivity contribution in [2.45, 2.75) is 38.8 Å². The highest BCUT2D eigenvalue weighted by Gasteiger charge is 2.25. The van der Waals surface area contributed by atoms with E-state index in [4.69, 9.17) is 10.00 Å². The van der Waals surface area contributed by atoms with Gasteiger partial charge in [-0.1, -0.05) is 12.1 Å². The van der Waals surface area contributed by atoms with E-state index >= 15 is 0 Å². The Morgan fingerprint density at radius 3 is 2.26 bits per heavy atom. The molecule has 0 aliphatic heterocycles. The van der Waals surface area contributed by atoms with E-state index in [-0.39, 0.29) is 5.91 Å². The second-order valence-electron chi connectivity index (χ2n) is 6.44. The lowest BCUT2D eigenvalue weighted by Gasteiger charge is -2.25. The van der Waals surface area contributed by atoms with E-state index in [9.17, 15) is 9.59 Å². The van der Waals surface area contributed by atoms with Gasteiger partial charge in [-0.2, -0.15) is 5.26 Å². The lowest BCUT2D eigenvalue weighted by Crippen LogP contribution is -2.48. The lowest BCUT2D eigenvalue weighted by atomic mass is 10.0. The summed E-state index contributed by atoms with van der Waals surface area (Å²) in [6, 6.07) is 8.21. The minimum atomic E-state index is -0.729. The zero-order valence-corrected chi connectivity index (χ0v) is 14.2. The van der Waals surface area contributed by atoms with E-state index in [1.807, 2.05) is 6.07 Å². The fourth-order valence-electron chi connectivity index (χ4n) is 1.91. The molecular weight excluding hydrogens is 294 g/mol. The van der Waals surface area contributed by atoms with Gasteiger partial charge in [0.15, 0.2) is 0 Å². The fourth-order valence-corrected chi connectivity index (χ4v) is 1.91. The maximum atomic E-state index is 12.3. The molecule has 124 valence electrons. The van der Waals surface area contributed by atoms with Crippen molar-refractivity contribution in [3.8, 4) is 6.07 Å². The Labute approximate surface area is 137 Å². The standard InChI is InChI=1S/C17H23N3O3/c1-17(2,3)23-16(22)19-14(15(21)20(4)5)10-12-6-8-13(11-18)9-7-12/h6-9,14H,10H2,1-5H3,(H,19,22)/t14-/m0/s1. The Balaban J connectivity index is 2.86. The summed E-state index contributed by atoms with van der Waals surface area (Å²) in [6.07, 6.45) is -0.312. The molecule has 1 aromatic rings. The zero-order chi connectivity index (χ0) is 17.6. The van der Waals surface area contributed by atoms with Crippen LogP contribution >= 0.6 is 0 Å². The Kier molecular flexibility index (Phi) is 6.14. The Morgan fingerprint density at radius 1 is 1.26 bits per heavy atom. The largest absolute Gasteiger partial charge is 0.444 e. The Morgan fingerprint density at radius 2 is 1.83 bits per heavy atom. The van der Waals surface area contributed by atoms with Crippen molar-refractivity contribution in [1.82, 2.24) is 10.2 Å². The van der Waals surface area contributed by atoms with Crippen molar-refractivity contribution in [2.24, 2.45) is 0 Å². The minimum absolute atomic E-state index is 0.222. The van der Waals surface area contributed by atoms with Crippen LogP contribution in [-0.4, -0.2) is 42.6 Å². The van der Waals surface area contributed by atoms with Crippen LogP contribution in [0.1, 0.15) is 31.9 Å². The molecule has 23 heavy (non-hydrogen) atoms. The number of nitrogens with one attached hydrogen (secondary N) is 1. The molecule has 0 radical (unpaired) electrons. The van der Waals surface area contributed by atoms with Crippen molar-refractivity contribution in [2.75, 3.05) is 14.1 Å². The van der Waals surface area contributed by atoms with Crippen molar-refractivity contribution < 1.29 is 14.3 Å². The van der Waals surface area contributed by atoms with Crippen LogP contribution in [0.25, 0.3) is 0 Å². The molecule has 0 spiro atoms. The van der Waals surface area contributed by atoms with Gasteiger partial charge >= 0.3 is 6.09 Å². The van der Waals surface area contributed by atoms with Gasteiger partial charge in [-0.05, 0) is 38.5 Å². The van der Waals surface area contributed by atoms with E-state index in [2.05, 4.69) is 5.32 Å². The van der Waals surface area contributed by atoms with Crippen molar-refractivity contribution in [1.29, 1.82) is 5.26 Å². The number of ether oxygens (including phenoxy) is 1. The minimum Gasteiger partial charge on any atom is -0.444 e. The first kappa shape index (κ1) is 18.5. The average Bonchev–Trinajstić information content (AvgIpc) is 2.44. The van der Waals surface area contributed by atoms with Crippen LogP contribution in [-0.2, 0) is 16.0 Å². The number of rotatable bonds is 4. The molecule has 0 heterocycles. The predicted octanol–water partition coefficient (Wildman–Crippen LogP) is 2.08. The van der Waals surface area contributed by atoms with E-state index < -0.39 is 17.7 Å². The molecule has 0 aromatic heterocycles. The third kappa shape index (κ3) is 6.39. The lowest BCUT2D eigenvalue weighted by molar-refractivity contribution is -0.130. The van der Waals surface area contributed by atoms with Gasteiger partial charge in [0.25, 0.3) is 0 Å². The van der Waals surface area contributed by atoms with Gasteiger partial charge in [0.05, 0.1) is 11.6 Å². The van der Waals surface area contributed by atoms with Crippen molar-refractivity contribution in [3.63, 3.8) is 0 Å². The molecule has 1 N–H and O–H groups in total. The molecule has 2 amide bonds. The number of benzene rings is 1. The zero-order valence-electron chi connectivity index (χ0n) is 14.2. The van der Waals surface area contributed by atoms with Gasteiger partial charge in [0.1, 0.15) is 11.6 Å². The summed E-state index contributed by atoms with van der Waals surface area (Å²) in [5.41, 5.74) is 0.758. The third-order valence-electron chi connectivity index (χ3n) is 2.95. The topological polar surface area (TPSA) is 82.4 Å². The maximum absolute atomic E-state index is 12.3. The van der Waals surface area contributed by atoms with E-state index in [1.54, 1.807) is 59.1 Å². The molecule has 0 unspecified atom stereocenters. The SMILES string of the molecule is CN(C)C(=O)[C@H](Cc1ccc(C#N)cc1)NC(=O)OC(C)(C)C. The monoisotopic (exact) mass is 317 g/mol. The second-order valence-corrected chi connectivity index (χ2v) is 6.44. The first-order valence-electron chi connectivity index (χ1n) is 7.32. The molecule has 1 rings (SSSR count). The molecule has 1 atom stereocenters. The third-order valence-corrected chi connectivity index (χ3v) is 2.95. The first-order chi connectivity index (χ1) is 10.6. The fraction of sp³-hybridized carbons (Fsp3) is 0.471. The number of nitrogens with zero attached hydrogens (tertiary/aromatic N) is 2. The van der Waals surface area contributed by atoms with Gasteiger partial charge < -0.3 is 15.0 Å². The summed E-state index contributed by atoms with van der Waals surface area (Å²) in [6.45, 7) is 5.28. The number of hydrogen-bond donors (Lipinski definition) is 1. The molecule has 0 aliphatic rings. The van der Waals surface area contributed by atoms with Gasteiger partial charge in [0, 0.05) is 20.5 Å². The number of carbonyl (C=O) groups is 2. The molecule has 0 saturated carbocycles. The molecule has 6 nitrogen and oxygen atoms in total. The number of amides is 2. The average molecular weight is 317 g/mol. The highest BCUT2D eigenvalue weighted by atomic mass is 16.6. The van der Waals surface area contributed by atoms with Crippen LogP contribution in [0.3, 0.4) is 0 Å². The van der Waals surface area contributed by atoms with Gasteiger partial charge in [-0.3, -0.25) is 4.79 Å². The quantitative estimate of drug-likeness (QED) is 0.921. The summed E-state index contributed by atoms with van der Waals surface area (Å²) < 4.78 is 5.21. The Bertz CT molecular complexity index is 595. The van der Waals surface area contributed by atoms with Gasteiger partial charge in [-0.15, -0.1) is 0 Å². The van der Waals surface area contributed by atoms with E-state index in [0.717, 1.165) is 5.56 Å². The number of likely N-dealkylation sites (N-methyl/N-ethyl adjacent to an activating group) is 1. The molecule has 1 aromatic carbocycles. The van der Waals surface area contributed by atoms with Crippen LogP contribution < -0.4 is 5.32 Å². The smallest absolute Gasteiger partial charge is 0.408 e. The molecular formula is C17H23N3O3. The number of carbonyl (C=O) groups excluding carboxylic acids is 2. The van der Waals surface area contributed by atoms with Crippen LogP contribution in [0.2, 0.25) is 0 Å². The summed E-state index contributed by atoms with van der Waals surface area (Å²) in [4.78, 5) is 25.6. The normalized spacial score (nSPS) is 12.0. The molecule has 0 aliphatic carbocycles. The van der Waals surface area contributed by atoms with Crippen LogP contribution in [0, 0.1) is 11.3 Å². The van der Waals surface area contributed by atoms with Gasteiger partial charge in [0.2, 0.25) is 5.91 Å². The summed E-state index contributed by atoms with van der Waals surface area (Å²) in [5, 5.41) is 11.4. The Hall–Kier alpha value is -2.55. The van der Waals surface area contributed by atoms with E-state index in [0.29, 0.717) is 12.0 Å². The van der Waals surface area contributed by atoms with E-state index in [1.165, 1.54) is 4.90 Å². The van der Waals surface area contributed by atoms with Gasteiger partial charge in [-0.25, -0.2) is 4.79 Å². The molecule has 0 saturated heterocycles. The van der Waals surface area contributed by atoms with Crippen LogP contribution in [0.5, 0.6) is 0 Å². The molecule has 6 heteroatoms. The number of nitriles is 1.